The van der Waals surface area contributed by atoms with Crippen molar-refractivity contribution < 1.29 is 18.8 Å². The van der Waals surface area contributed by atoms with Crippen LogP contribution in [0.4, 0.5) is 9.18 Å². The van der Waals surface area contributed by atoms with Crippen LogP contribution in [0.1, 0.15) is 5.56 Å². The maximum Gasteiger partial charge on any atom is 0.328 e. The van der Waals surface area contributed by atoms with Crippen molar-refractivity contribution in [1.29, 1.82) is 0 Å². The predicted molar refractivity (Wildman–Crippen MR) is 65.2 cm³/mol. The van der Waals surface area contributed by atoms with E-state index in [0.717, 1.165) is 0 Å². The minimum Gasteiger partial charge on any atom is -0.273 e. The van der Waals surface area contributed by atoms with Crippen molar-refractivity contribution >= 4 is 23.9 Å². The second-order valence-electron chi connectivity index (χ2n) is 3.70. The highest BCUT2D eigenvalue weighted by Gasteiger charge is 2.26. The number of imide groups is 2. The topological polar surface area (TPSA) is 75.3 Å². The van der Waals surface area contributed by atoms with Gasteiger partial charge < -0.3 is 0 Å². The Morgan fingerprint density at radius 3 is 2.26 bits per heavy atom. The molecule has 0 bridgehead atoms. The van der Waals surface area contributed by atoms with Crippen molar-refractivity contribution in [3.05, 3.63) is 53.4 Å². The molecule has 1 aromatic rings. The van der Waals surface area contributed by atoms with Gasteiger partial charge in [0.25, 0.3) is 11.8 Å². The lowest BCUT2D eigenvalue weighted by atomic mass is 10.1. The van der Waals surface area contributed by atoms with Gasteiger partial charge >= 0.3 is 6.03 Å². The van der Waals surface area contributed by atoms with Gasteiger partial charge in [-0.15, -0.1) is 0 Å². The Morgan fingerprint density at radius 1 is 1.00 bits per heavy atom. The standard InChI is InChI=1S/C13H9FN2O3/c14-10-7-2-1-4-8(10)5-3-6-9-11(17)15-13(19)16-12(9)18/h1-7H,(H2,15,16,17,18,19)/b5-3+. The number of carbonyl (C=O) groups excluding carboxylic acids is 3. The molecule has 0 radical (unpaired) electrons. The maximum atomic E-state index is 13.3. The highest BCUT2D eigenvalue weighted by molar-refractivity contribution is 6.29. The summed E-state index contributed by atoms with van der Waals surface area (Å²) in [7, 11) is 0. The van der Waals surface area contributed by atoms with Gasteiger partial charge in [-0.1, -0.05) is 30.4 Å². The van der Waals surface area contributed by atoms with Gasteiger partial charge in [0.2, 0.25) is 0 Å². The van der Waals surface area contributed by atoms with E-state index in [1.54, 1.807) is 18.2 Å². The van der Waals surface area contributed by atoms with Gasteiger partial charge in [0, 0.05) is 5.56 Å². The minimum atomic E-state index is -0.856. The number of amides is 4. The fraction of sp³-hybridized carbons (Fsp3) is 0. The molecule has 0 aromatic heterocycles. The number of urea groups is 1. The fourth-order valence-corrected chi connectivity index (χ4v) is 1.48. The molecule has 1 aliphatic heterocycles. The zero-order chi connectivity index (χ0) is 13.8. The molecule has 1 fully saturated rings. The zero-order valence-electron chi connectivity index (χ0n) is 9.64. The minimum absolute atomic E-state index is 0.216. The number of rotatable bonds is 2. The highest BCUT2D eigenvalue weighted by Crippen LogP contribution is 2.09. The molecule has 96 valence electrons. The Kier molecular flexibility index (Phi) is 3.51. The van der Waals surface area contributed by atoms with E-state index in [1.807, 2.05) is 10.6 Å². The van der Waals surface area contributed by atoms with Crippen molar-refractivity contribution in [2.45, 2.75) is 0 Å². The quantitative estimate of drug-likeness (QED) is 0.618. The smallest absolute Gasteiger partial charge is 0.273 e. The second kappa shape index (κ2) is 5.26. The van der Waals surface area contributed by atoms with E-state index in [2.05, 4.69) is 0 Å². The highest BCUT2D eigenvalue weighted by atomic mass is 19.1. The molecule has 0 saturated carbocycles. The second-order valence-corrected chi connectivity index (χ2v) is 3.70. The summed E-state index contributed by atoms with van der Waals surface area (Å²) in [5.41, 5.74) is 0.110. The third-order valence-corrected chi connectivity index (χ3v) is 2.39. The molecule has 1 aromatic carbocycles. The summed E-state index contributed by atoms with van der Waals surface area (Å²) in [6.45, 7) is 0. The lowest BCUT2D eigenvalue weighted by Crippen LogP contribution is -2.51. The Hall–Kier alpha value is -2.76. The van der Waals surface area contributed by atoms with Crippen LogP contribution in [-0.4, -0.2) is 17.8 Å². The van der Waals surface area contributed by atoms with Crippen molar-refractivity contribution in [2.24, 2.45) is 0 Å². The van der Waals surface area contributed by atoms with Gasteiger partial charge in [-0.05, 0) is 12.1 Å². The van der Waals surface area contributed by atoms with Gasteiger partial charge in [-0.2, -0.15) is 0 Å². The van der Waals surface area contributed by atoms with Crippen LogP contribution in [0.15, 0.2) is 42.0 Å². The van der Waals surface area contributed by atoms with Gasteiger partial charge in [-0.3, -0.25) is 20.2 Å². The lowest BCUT2D eigenvalue weighted by Gasteiger charge is -2.12. The maximum absolute atomic E-state index is 13.3. The Balaban J connectivity index is 2.18. The first kappa shape index (κ1) is 12.7. The average molecular weight is 260 g/mol. The number of halogens is 1. The van der Waals surface area contributed by atoms with Crippen LogP contribution in [0.3, 0.4) is 0 Å². The first-order valence-corrected chi connectivity index (χ1v) is 5.37. The van der Waals surface area contributed by atoms with E-state index < -0.39 is 23.7 Å². The molecular formula is C13H9FN2O3. The number of benzene rings is 1. The van der Waals surface area contributed by atoms with Gasteiger partial charge in [0.1, 0.15) is 11.4 Å². The first-order valence-electron chi connectivity index (χ1n) is 5.37. The number of hydrogen-bond donors (Lipinski definition) is 2. The number of carbonyl (C=O) groups is 3. The molecule has 2 N–H and O–H groups in total. The summed E-state index contributed by atoms with van der Waals surface area (Å²) in [6, 6.07) is 5.21. The van der Waals surface area contributed by atoms with E-state index in [0.29, 0.717) is 5.56 Å². The van der Waals surface area contributed by atoms with E-state index in [-0.39, 0.29) is 5.57 Å². The molecule has 0 spiro atoms. The molecule has 6 heteroatoms. The van der Waals surface area contributed by atoms with Crippen LogP contribution in [-0.2, 0) is 9.59 Å². The van der Waals surface area contributed by atoms with E-state index >= 15 is 0 Å². The van der Waals surface area contributed by atoms with E-state index in [9.17, 15) is 18.8 Å². The van der Waals surface area contributed by atoms with Gasteiger partial charge in [0.15, 0.2) is 0 Å². The summed E-state index contributed by atoms with van der Waals surface area (Å²) in [4.78, 5) is 33.5. The van der Waals surface area contributed by atoms with Crippen LogP contribution < -0.4 is 10.6 Å². The van der Waals surface area contributed by atoms with Crippen LogP contribution in [0.25, 0.3) is 6.08 Å². The summed E-state index contributed by atoms with van der Waals surface area (Å²) in [5, 5.41) is 3.87. The number of hydrogen-bond acceptors (Lipinski definition) is 3. The van der Waals surface area contributed by atoms with Gasteiger partial charge in [0.05, 0.1) is 0 Å². The molecule has 4 amide bonds. The van der Waals surface area contributed by atoms with Crippen molar-refractivity contribution in [3.8, 4) is 0 Å². The Morgan fingerprint density at radius 2 is 1.63 bits per heavy atom. The number of nitrogens with one attached hydrogen (secondary N) is 2. The molecule has 2 rings (SSSR count). The third kappa shape index (κ3) is 2.92. The van der Waals surface area contributed by atoms with Crippen molar-refractivity contribution in [1.82, 2.24) is 10.6 Å². The summed E-state index contributed by atoms with van der Waals surface area (Å²) in [5.74, 6) is -1.98. The number of allylic oxidation sites excluding steroid dienone is 2. The monoisotopic (exact) mass is 260 g/mol. The molecule has 5 nitrogen and oxygen atoms in total. The van der Waals surface area contributed by atoms with Crippen LogP contribution in [0, 0.1) is 5.82 Å². The molecule has 0 aliphatic carbocycles. The molecule has 1 aliphatic rings. The van der Waals surface area contributed by atoms with E-state index in [1.165, 1.54) is 24.3 Å². The van der Waals surface area contributed by atoms with Crippen LogP contribution in [0.2, 0.25) is 0 Å². The summed E-state index contributed by atoms with van der Waals surface area (Å²) >= 11 is 0. The SMILES string of the molecule is O=C1NC(=O)C(=C/C=C/c2ccccc2F)C(=O)N1. The third-order valence-electron chi connectivity index (χ3n) is 2.39. The molecule has 0 unspecified atom stereocenters. The Labute approximate surface area is 107 Å². The normalized spacial score (nSPS) is 15.4. The van der Waals surface area contributed by atoms with Crippen molar-refractivity contribution in [3.63, 3.8) is 0 Å². The first-order chi connectivity index (χ1) is 9.08. The zero-order valence-corrected chi connectivity index (χ0v) is 9.64. The molecule has 0 atom stereocenters. The van der Waals surface area contributed by atoms with Crippen molar-refractivity contribution in [2.75, 3.05) is 0 Å². The lowest BCUT2D eigenvalue weighted by molar-refractivity contribution is -0.124. The van der Waals surface area contributed by atoms with Crippen LogP contribution in [0.5, 0.6) is 0 Å². The molecule has 1 saturated heterocycles. The largest absolute Gasteiger partial charge is 0.328 e. The number of barbiturate groups is 1. The Bertz CT molecular complexity index is 598. The average Bonchev–Trinajstić information content (AvgIpc) is 2.34. The predicted octanol–water partition coefficient (Wildman–Crippen LogP) is 1.13. The molecule has 19 heavy (non-hydrogen) atoms. The summed E-state index contributed by atoms with van der Waals surface area (Å²) < 4.78 is 13.3. The van der Waals surface area contributed by atoms with E-state index in [4.69, 9.17) is 0 Å². The van der Waals surface area contributed by atoms with Gasteiger partial charge in [-0.25, -0.2) is 9.18 Å². The van der Waals surface area contributed by atoms with Crippen LogP contribution >= 0.6 is 0 Å². The fourth-order valence-electron chi connectivity index (χ4n) is 1.48. The molecule has 1 heterocycles. The summed E-state index contributed by atoms with van der Waals surface area (Å²) in [6.07, 6.45) is 3.99. The molecular weight excluding hydrogens is 251 g/mol.